The lowest BCUT2D eigenvalue weighted by atomic mass is 10.1. The highest BCUT2D eigenvalue weighted by Crippen LogP contribution is 2.22. The highest BCUT2D eigenvalue weighted by molar-refractivity contribution is 14.0. The topological polar surface area (TPSA) is 60.4 Å². The third kappa shape index (κ3) is 6.09. The molecule has 0 bridgehead atoms. The van der Waals surface area contributed by atoms with Crippen molar-refractivity contribution in [2.24, 2.45) is 4.99 Å². The number of amides is 1. The normalized spacial score (nSPS) is 18.2. The molecule has 0 spiro atoms. The number of halogens is 1. The van der Waals surface area contributed by atoms with Gasteiger partial charge < -0.3 is 19.9 Å². The molecule has 7 nitrogen and oxygen atoms in total. The van der Waals surface area contributed by atoms with Crippen molar-refractivity contribution in [3.63, 3.8) is 0 Å². The second-order valence-corrected chi connectivity index (χ2v) is 8.68. The fraction of sp³-hybridized carbons (Fsp3) is 0.520. The summed E-state index contributed by atoms with van der Waals surface area (Å²) >= 11 is 0. The molecule has 33 heavy (non-hydrogen) atoms. The summed E-state index contributed by atoms with van der Waals surface area (Å²) in [6, 6.07) is 12.6. The summed E-state index contributed by atoms with van der Waals surface area (Å²) in [5.41, 5.74) is 1.22. The number of carbonyl (C=O) groups is 1. The summed E-state index contributed by atoms with van der Waals surface area (Å²) < 4.78 is 5.32. The molecule has 2 fully saturated rings. The van der Waals surface area contributed by atoms with Crippen LogP contribution in [0.3, 0.4) is 0 Å². The van der Waals surface area contributed by atoms with E-state index in [-0.39, 0.29) is 35.9 Å². The Hall–Kier alpha value is -2.07. The third-order valence-electron chi connectivity index (χ3n) is 6.71. The second kappa shape index (κ2) is 11.9. The minimum absolute atomic E-state index is 0. The number of ether oxygens (including phenoxy) is 1. The van der Waals surface area contributed by atoms with Crippen molar-refractivity contribution in [2.45, 2.75) is 32.4 Å². The van der Waals surface area contributed by atoms with Gasteiger partial charge in [0, 0.05) is 52.9 Å². The smallest absolute Gasteiger partial charge is 0.239 e. The number of nitrogens with zero attached hydrogens (tertiary/aromatic N) is 4. The Morgan fingerprint density at radius 3 is 2.33 bits per heavy atom. The van der Waals surface area contributed by atoms with Crippen LogP contribution in [-0.2, 0) is 11.3 Å². The molecule has 4 rings (SSSR count). The zero-order valence-electron chi connectivity index (χ0n) is 19.9. The predicted molar refractivity (Wildman–Crippen MR) is 145 cm³/mol. The van der Waals surface area contributed by atoms with Crippen molar-refractivity contribution in [2.75, 3.05) is 53.4 Å². The van der Waals surface area contributed by atoms with Crippen LogP contribution in [0.25, 0.3) is 10.8 Å². The first kappa shape index (κ1) is 25.6. The van der Waals surface area contributed by atoms with E-state index in [1.165, 1.54) is 16.3 Å². The molecule has 0 radical (unpaired) electrons. The van der Waals surface area contributed by atoms with Gasteiger partial charge in [-0.25, -0.2) is 0 Å². The molecule has 1 atom stereocenters. The van der Waals surface area contributed by atoms with Gasteiger partial charge in [-0.2, -0.15) is 0 Å². The maximum atomic E-state index is 12.7. The molecule has 1 amide bonds. The fourth-order valence-electron chi connectivity index (χ4n) is 4.70. The van der Waals surface area contributed by atoms with E-state index in [9.17, 15) is 4.79 Å². The maximum Gasteiger partial charge on any atom is 0.239 e. The fourth-order valence-corrected chi connectivity index (χ4v) is 4.70. The highest BCUT2D eigenvalue weighted by Gasteiger charge is 2.30. The average Bonchev–Trinajstić information content (AvgIpc) is 3.38. The molecule has 2 aromatic carbocycles. The molecule has 1 unspecified atom stereocenters. The van der Waals surface area contributed by atoms with E-state index in [2.05, 4.69) is 57.4 Å². The van der Waals surface area contributed by atoms with E-state index >= 15 is 0 Å². The van der Waals surface area contributed by atoms with Crippen LogP contribution in [0.15, 0.2) is 41.4 Å². The number of hydrogen-bond acceptors (Lipinski definition) is 4. The number of piperazine rings is 1. The molecule has 1 N–H and O–H groups in total. The Morgan fingerprint density at radius 1 is 1.00 bits per heavy atom. The van der Waals surface area contributed by atoms with Gasteiger partial charge in [0.1, 0.15) is 5.75 Å². The van der Waals surface area contributed by atoms with E-state index in [4.69, 9.17) is 4.74 Å². The lowest BCUT2D eigenvalue weighted by molar-refractivity contribution is -0.135. The molecule has 0 aromatic heterocycles. The first-order valence-corrected chi connectivity index (χ1v) is 11.6. The number of nitrogens with one attached hydrogen (secondary N) is 1. The summed E-state index contributed by atoms with van der Waals surface area (Å²) in [6.45, 7) is 8.10. The summed E-state index contributed by atoms with van der Waals surface area (Å²) in [5.74, 6) is 2.07. The Balaban J connectivity index is 0.00000306. The quantitative estimate of drug-likeness (QED) is 0.343. The Kier molecular flexibility index (Phi) is 9.19. The van der Waals surface area contributed by atoms with Gasteiger partial charge in [0.25, 0.3) is 0 Å². The van der Waals surface area contributed by atoms with E-state index in [1.54, 1.807) is 7.11 Å². The van der Waals surface area contributed by atoms with Gasteiger partial charge in [0.15, 0.2) is 5.96 Å². The zero-order valence-corrected chi connectivity index (χ0v) is 22.2. The minimum atomic E-state index is -0.0403. The van der Waals surface area contributed by atoms with Crippen LogP contribution < -0.4 is 10.1 Å². The SMILES string of the molecule is CN=C(NCc1ccc2cc(OC)ccc2c1)N1CCN(C(C)C(=O)N2CCCC2)CC1.I. The molecule has 2 aromatic rings. The molecule has 0 aliphatic carbocycles. The molecule has 2 saturated heterocycles. The third-order valence-corrected chi connectivity index (χ3v) is 6.71. The number of fused-ring (bicyclic) bond motifs is 1. The number of rotatable bonds is 5. The monoisotopic (exact) mass is 565 g/mol. The van der Waals surface area contributed by atoms with E-state index in [0.29, 0.717) is 0 Å². The minimum Gasteiger partial charge on any atom is -0.497 e. The van der Waals surface area contributed by atoms with Crippen LogP contribution in [0.2, 0.25) is 0 Å². The van der Waals surface area contributed by atoms with Crippen LogP contribution in [0, 0.1) is 0 Å². The highest BCUT2D eigenvalue weighted by atomic mass is 127. The number of guanidine groups is 1. The Labute approximate surface area is 214 Å². The van der Waals surface area contributed by atoms with Crippen molar-refractivity contribution < 1.29 is 9.53 Å². The standard InChI is InChI=1S/C25H35N5O2.HI/c1-19(24(31)29-10-4-5-11-29)28-12-14-30(15-13-28)25(26-2)27-18-20-6-7-22-17-23(32-3)9-8-21(22)16-20;/h6-9,16-17,19H,4-5,10-15,18H2,1-3H3,(H,26,27);1H. The second-order valence-electron chi connectivity index (χ2n) is 8.68. The van der Waals surface area contributed by atoms with Crippen molar-refractivity contribution in [1.29, 1.82) is 0 Å². The van der Waals surface area contributed by atoms with Gasteiger partial charge >= 0.3 is 0 Å². The summed E-state index contributed by atoms with van der Waals surface area (Å²) in [7, 11) is 3.53. The molecular formula is C25H36IN5O2. The molecule has 0 saturated carbocycles. The van der Waals surface area contributed by atoms with Gasteiger partial charge in [-0.05, 0) is 54.3 Å². The zero-order chi connectivity index (χ0) is 22.5. The van der Waals surface area contributed by atoms with E-state index < -0.39 is 0 Å². The number of likely N-dealkylation sites (tertiary alicyclic amines) is 1. The van der Waals surface area contributed by atoms with Crippen LogP contribution in [-0.4, -0.2) is 86.0 Å². The van der Waals surface area contributed by atoms with Crippen molar-refractivity contribution in [3.05, 3.63) is 42.0 Å². The van der Waals surface area contributed by atoms with Gasteiger partial charge in [0.05, 0.1) is 13.2 Å². The number of benzene rings is 2. The summed E-state index contributed by atoms with van der Waals surface area (Å²) in [6.07, 6.45) is 2.28. The number of carbonyl (C=O) groups excluding carboxylic acids is 1. The molecular weight excluding hydrogens is 529 g/mol. The molecule has 2 aliphatic rings. The summed E-state index contributed by atoms with van der Waals surface area (Å²) in [4.78, 5) is 23.9. The number of methoxy groups -OCH3 is 1. The van der Waals surface area contributed by atoms with E-state index in [1.807, 2.05) is 18.0 Å². The van der Waals surface area contributed by atoms with Gasteiger partial charge in [-0.15, -0.1) is 24.0 Å². The van der Waals surface area contributed by atoms with Crippen LogP contribution >= 0.6 is 24.0 Å². The van der Waals surface area contributed by atoms with Gasteiger partial charge in [0.2, 0.25) is 5.91 Å². The maximum absolute atomic E-state index is 12.7. The number of hydrogen-bond donors (Lipinski definition) is 1. The lowest BCUT2D eigenvalue weighted by Crippen LogP contribution is -2.57. The van der Waals surface area contributed by atoms with Crippen LogP contribution in [0.1, 0.15) is 25.3 Å². The van der Waals surface area contributed by atoms with Crippen LogP contribution in [0.4, 0.5) is 0 Å². The van der Waals surface area contributed by atoms with Crippen LogP contribution in [0.5, 0.6) is 5.75 Å². The average molecular weight is 566 g/mol. The van der Waals surface area contributed by atoms with Crippen molar-refractivity contribution in [1.82, 2.24) is 20.0 Å². The first-order valence-electron chi connectivity index (χ1n) is 11.6. The molecule has 2 aliphatic heterocycles. The summed E-state index contributed by atoms with van der Waals surface area (Å²) in [5, 5.41) is 5.88. The first-order chi connectivity index (χ1) is 15.6. The molecule has 8 heteroatoms. The molecule has 180 valence electrons. The van der Waals surface area contributed by atoms with Crippen molar-refractivity contribution >= 4 is 46.6 Å². The largest absolute Gasteiger partial charge is 0.497 e. The van der Waals surface area contributed by atoms with Crippen molar-refractivity contribution in [3.8, 4) is 5.75 Å². The Bertz CT molecular complexity index is 968. The van der Waals surface area contributed by atoms with Gasteiger partial charge in [-0.3, -0.25) is 14.7 Å². The van der Waals surface area contributed by atoms with Gasteiger partial charge in [-0.1, -0.05) is 18.2 Å². The predicted octanol–water partition coefficient (Wildman–Crippen LogP) is 3.17. The molecule has 2 heterocycles. The Morgan fingerprint density at radius 2 is 1.67 bits per heavy atom. The van der Waals surface area contributed by atoms with E-state index in [0.717, 1.165) is 70.4 Å². The number of aliphatic imine (C=N–C) groups is 1. The lowest BCUT2D eigenvalue weighted by Gasteiger charge is -2.39.